The number of nitrogens with one attached hydrogen (secondary N) is 1. The zero-order valence-electron chi connectivity index (χ0n) is 15.5. The molecule has 1 aliphatic carbocycles. The maximum absolute atomic E-state index is 13.9. The van der Waals surface area contributed by atoms with Crippen molar-refractivity contribution in [3.8, 4) is 11.1 Å². The smallest absolute Gasteiger partial charge is 0.248 e. The summed E-state index contributed by atoms with van der Waals surface area (Å²) >= 11 is 5.77. The molecule has 1 aliphatic heterocycles. The van der Waals surface area contributed by atoms with E-state index in [1.54, 1.807) is 6.07 Å². The molecule has 2 aromatic carbocycles. The molecule has 1 saturated carbocycles. The lowest BCUT2D eigenvalue weighted by Gasteiger charge is -2.37. The first-order chi connectivity index (χ1) is 13.2. The number of hydrogen-bond donors (Lipinski definition) is 2. The van der Waals surface area contributed by atoms with Gasteiger partial charge in [0.2, 0.25) is 5.92 Å². The number of benzene rings is 2. The Balaban J connectivity index is 1.72. The molecule has 0 aromatic heterocycles. The zero-order valence-corrected chi connectivity index (χ0v) is 16.2. The van der Waals surface area contributed by atoms with Crippen molar-refractivity contribution in [1.82, 2.24) is 5.32 Å². The molecule has 0 saturated heterocycles. The van der Waals surface area contributed by atoms with Gasteiger partial charge in [0.05, 0.1) is 10.6 Å². The highest BCUT2D eigenvalue weighted by atomic mass is 35.5. The first-order valence-corrected chi connectivity index (χ1v) is 9.70. The van der Waals surface area contributed by atoms with Crippen molar-refractivity contribution in [2.75, 3.05) is 6.54 Å². The number of halogens is 4. The van der Waals surface area contributed by atoms with Crippen molar-refractivity contribution in [3.63, 3.8) is 0 Å². The van der Waals surface area contributed by atoms with Crippen LogP contribution in [0.5, 0.6) is 0 Å². The molecule has 28 heavy (non-hydrogen) atoms. The third-order valence-electron chi connectivity index (χ3n) is 5.99. The minimum absolute atomic E-state index is 0.0625. The molecule has 0 amide bonds. The molecule has 1 fully saturated rings. The second-order valence-corrected chi connectivity index (χ2v) is 8.18. The van der Waals surface area contributed by atoms with Crippen molar-refractivity contribution in [3.05, 3.63) is 64.1 Å². The Hall–Kier alpha value is -1.98. The quantitative estimate of drug-likeness (QED) is 0.614. The fourth-order valence-corrected chi connectivity index (χ4v) is 4.31. The normalized spacial score (nSPS) is 20.8. The summed E-state index contributed by atoms with van der Waals surface area (Å²) in [5.74, 6) is -3.00. The van der Waals surface area contributed by atoms with E-state index in [1.807, 2.05) is 25.1 Å². The van der Waals surface area contributed by atoms with Crippen LogP contribution in [0.2, 0.25) is 5.02 Å². The minimum atomic E-state index is -2.66. The van der Waals surface area contributed by atoms with Gasteiger partial charge in [-0.25, -0.2) is 13.2 Å². The summed E-state index contributed by atoms with van der Waals surface area (Å²) < 4.78 is 41.0. The topological polar surface area (TPSA) is 32.3 Å². The summed E-state index contributed by atoms with van der Waals surface area (Å²) in [7, 11) is 0. The van der Waals surface area contributed by atoms with Gasteiger partial charge in [-0.3, -0.25) is 0 Å². The number of aryl methyl sites for hydroxylation is 1. The van der Waals surface area contributed by atoms with Crippen molar-refractivity contribution < 1.29 is 18.3 Å². The maximum Gasteiger partial charge on any atom is 0.248 e. The second-order valence-electron chi connectivity index (χ2n) is 7.78. The van der Waals surface area contributed by atoms with Crippen LogP contribution in [0.1, 0.15) is 36.8 Å². The summed E-state index contributed by atoms with van der Waals surface area (Å²) in [6.07, 6.45) is -0.0617. The molecule has 2 nitrogen and oxygen atoms in total. The van der Waals surface area contributed by atoms with Crippen LogP contribution in [0, 0.1) is 12.7 Å². The lowest BCUT2D eigenvalue weighted by Crippen LogP contribution is -2.48. The molecule has 1 heterocycles. The van der Waals surface area contributed by atoms with Crippen LogP contribution < -0.4 is 5.32 Å². The summed E-state index contributed by atoms with van der Waals surface area (Å²) in [6, 6.07) is 10.3. The van der Waals surface area contributed by atoms with Crippen molar-refractivity contribution >= 4 is 17.2 Å². The zero-order chi connectivity index (χ0) is 20.1. The second kappa shape index (κ2) is 6.82. The van der Waals surface area contributed by atoms with E-state index in [-0.39, 0.29) is 36.5 Å². The number of rotatable bonds is 2. The van der Waals surface area contributed by atoms with Crippen LogP contribution in [0.15, 0.2) is 42.2 Å². The molecule has 2 aromatic rings. The standard InChI is InChI=1S/C22H21ClF3NO/c1-13-2-3-14(15-4-5-18(23)19(24)11-15)10-16(13)17-12-27-21(20(17)28)6-8-22(25,26)9-7-21/h2-5,10-11,27-28H,6-9,12H2,1H3. The van der Waals surface area contributed by atoms with Crippen molar-refractivity contribution in [1.29, 1.82) is 0 Å². The van der Waals surface area contributed by atoms with E-state index in [0.717, 1.165) is 22.3 Å². The van der Waals surface area contributed by atoms with E-state index in [2.05, 4.69) is 5.32 Å². The fourth-order valence-electron chi connectivity index (χ4n) is 4.20. The van der Waals surface area contributed by atoms with Crippen molar-refractivity contribution in [2.45, 2.75) is 44.1 Å². The molecular formula is C22H21ClF3NO. The molecule has 0 unspecified atom stereocenters. The molecule has 4 rings (SSSR count). The van der Waals surface area contributed by atoms with Crippen LogP contribution in [0.25, 0.3) is 16.7 Å². The van der Waals surface area contributed by atoms with Gasteiger partial charge >= 0.3 is 0 Å². The molecule has 0 radical (unpaired) electrons. The van der Waals surface area contributed by atoms with Gasteiger partial charge in [-0.15, -0.1) is 0 Å². The van der Waals surface area contributed by atoms with Crippen LogP contribution in [0.4, 0.5) is 13.2 Å². The summed E-state index contributed by atoms with van der Waals surface area (Å²) in [5, 5.41) is 14.3. The van der Waals surface area contributed by atoms with Gasteiger partial charge < -0.3 is 10.4 Å². The highest BCUT2D eigenvalue weighted by Crippen LogP contribution is 2.46. The van der Waals surface area contributed by atoms with Gasteiger partial charge in [-0.05, 0) is 60.2 Å². The van der Waals surface area contributed by atoms with Gasteiger partial charge in [0.1, 0.15) is 11.6 Å². The highest BCUT2D eigenvalue weighted by Gasteiger charge is 2.49. The van der Waals surface area contributed by atoms with E-state index in [9.17, 15) is 18.3 Å². The average molecular weight is 408 g/mol. The number of alkyl halides is 2. The summed E-state index contributed by atoms with van der Waals surface area (Å²) in [5.41, 5.74) is 3.23. The van der Waals surface area contributed by atoms with Crippen LogP contribution in [-0.4, -0.2) is 23.1 Å². The molecule has 148 valence electrons. The average Bonchev–Trinajstić information content (AvgIpc) is 2.97. The first kappa shape index (κ1) is 19.3. The Bertz CT molecular complexity index is 960. The van der Waals surface area contributed by atoms with Gasteiger partial charge in [-0.2, -0.15) is 0 Å². The van der Waals surface area contributed by atoms with E-state index in [0.29, 0.717) is 12.1 Å². The number of aliphatic hydroxyl groups is 1. The SMILES string of the molecule is Cc1ccc(-c2ccc(Cl)c(F)c2)cc1C1=C(O)C2(CCC(F)(F)CC2)NC1. The molecule has 6 heteroatoms. The van der Waals surface area contributed by atoms with E-state index >= 15 is 0 Å². The summed E-state index contributed by atoms with van der Waals surface area (Å²) in [4.78, 5) is 0. The van der Waals surface area contributed by atoms with E-state index in [4.69, 9.17) is 11.6 Å². The Morgan fingerprint density at radius 3 is 2.32 bits per heavy atom. The Labute approximate surface area is 167 Å². The number of aliphatic hydroxyl groups excluding tert-OH is 1. The number of hydrogen-bond acceptors (Lipinski definition) is 2. The van der Waals surface area contributed by atoms with Crippen LogP contribution in [0.3, 0.4) is 0 Å². The van der Waals surface area contributed by atoms with Crippen LogP contribution in [-0.2, 0) is 0 Å². The van der Waals surface area contributed by atoms with Gasteiger partial charge in [0.15, 0.2) is 0 Å². The molecule has 0 atom stereocenters. The monoisotopic (exact) mass is 407 g/mol. The molecular weight excluding hydrogens is 387 g/mol. The van der Waals surface area contributed by atoms with Gasteiger partial charge in [-0.1, -0.05) is 29.8 Å². The Morgan fingerprint density at radius 1 is 1.00 bits per heavy atom. The van der Waals surface area contributed by atoms with E-state index in [1.165, 1.54) is 12.1 Å². The summed E-state index contributed by atoms with van der Waals surface area (Å²) in [6.45, 7) is 2.35. The fraction of sp³-hybridized carbons (Fsp3) is 0.364. The van der Waals surface area contributed by atoms with Gasteiger partial charge in [0.25, 0.3) is 0 Å². The molecule has 1 spiro atoms. The van der Waals surface area contributed by atoms with E-state index < -0.39 is 17.3 Å². The van der Waals surface area contributed by atoms with Gasteiger partial charge in [0, 0.05) is 25.0 Å². The Morgan fingerprint density at radius 2 is 1.64 bits per heavy atom. The largest absolute Gasteiger partial charge is 0.510 e. The lowest BCUT2D eigenvalue weighted by molar-refractivity contribution is -0.0532. The lowest BCUT2D eigenvalue weighted by atomic mass is 9.78. The third kappa shape index (κ3) is 3.31. The predicted octanol–water partition coefficient (Wildman–Crippen LogP) is 6.27. The van der Waals surface area contributed by atoms with Crippen molar-refractivity contribution in [2.24, 2.45) is 0 Å². The predicted molar refractivity (Wildman–Crippen MR) is 105 cm³/mol. The molecule has 2 N–H and O–H groups in total. The molecule has 2 aliphatic rings. The third-order valence-corrected chi connectivity index (χ3v) is 6.30. The Kier molecular flexibility index (Phi) is 4.71. The maximum atomic E-state index is 13.9. The first-order valence-electron chi connectivity index (χ1n) is 9.33. The van der Waals surface area contributed by atoms with Crippen LogP contribution >= 0.6 is 11.6 Å². The highest BCUT2D eigenvalue weighted by molar-refractivity contribution is 6.30. The minimum Gasteiger partial charge on any atom is -0.510 e. The molecule has 0 bridgehead atoms.